The predicted octanol–water partition coefficient (Wildman–Crippen LogP) is 3.48. The highest BCUT2D eigenvalue weighted by atomic mass is 35.5. The fraction of sp³-hybridized carbons (Fsp3) is 0.217. The first-order valence-electron chi connectivity index (χ1n) is 11.1. The maximum Gasteiger partial charge on any atom is 0.247 e. The second-order valence-electron chi connectivity index (χ2n) is 8.62. The summed E-state index contributed by atoms with van der Waals surface area (Å²) >= 11 is 6.08. The van der Waals surface area contributed by atoms with Crippen molar-refractivity contribution < 1.29 is 13.6 Å². The third-order valence-corrected chi connectivity index (χ3v) is 6.91. The molecular weight excluding hydrogens is 492 g/mol. The van der Waals surface area contributed by atoms with E-state index in [-0.39, 0.29) is 40.0 Å². The van der Waals surface area contributed by atoms with Crippen molar-refractivity contribution >= 4 is 28.9 Å². The lowest BCUT2D eigenvalue weighted by Gasteiger charge is -2.33. The molecule has 2 aliphatic heterocycles. The Morgan fingerprint density at radius 1 is 1.14 bits per heavy atom. The van der Waals surface area contributed by atoms with E-state index in [1.807, 2.05) is 0 Å². The van der Waals surface area contributed by atoms with Gasteiger partial charge in [0.1, 0.15) is 12.2 Å². The third-order valence-electron chi connectivity index (χ3n) is 6.62. The van der Waals surface area contributed by atoms with E-state index in [0.717, 1.165) is 0 Å². The molecule has 182 valence electrons. The van der Waals surface area contributed by atoms with Crippen LogP contribution >= 0.6 is 11.6 Å². The molecule has 3 N–H and O–H groups in total. The largest absolute Gasteiger partial charge is 0.381 e. The van der Waals surface area contributed by atoms with Crippen LogP contribution < -0.4 is 5.73 Å². The molecule has 0 unspecified atom stereocenters. The van der Waals surface area contributed by atoms with E-state index in [9.17, 15) is 9.18 Å². The number of nitrogens with one attached hydrogen (secondary N) is 1. The zero-order valence-electron chi connectivity index (χ0n) is 18.6. The second-order valence-corrected chi connectivity index (χ2v) is 9.02. The number of nitrogen functional groups attached to an aromatic ring is 1. The topological polar surface area (TPSA) is 132 Å². The minimum atomic E-state index is -0.638. The number of carbonyl (C=O) groups is 1. The van der Waals surface area contributed by atoms with Crippen molar-refractivity contribution in [3.8, 4) is 16.9 Å². The van der Waals surface area contributed by atoms with E-state index in [4.69, 9.17) is 17.3 Å². The fourth-order valence-corrected chi connectivity index (χ4v) is 5.17. The van der Waals surface area contributed by atoms with E-state index < -0.39 is 11.6 Å². The number of imidazole rings is 1. The highest BCUT2D eigenvalue weighted by molar-refractivity contribution is 6.31. The standard InChI is InChI=1S/C23H18ClF2N9O/c24-14-2-4-16(34-10-30-32-33-34)19(21(14)26)11-7-12-1-3-17(35(12)18(36)8-11)23-29-9-15(31-23)13-5-6-28-22(27)20(13)25/h2,4-6,8-10,12,17H,1,3,7H2,(H2,27,28)(H,29,31)/t12-,17+/m0/s1. The monoisotopic (exact) mass is 509 g/mol. The second kappa shape index (κ2) is 8.48. The van der Waals surface area contributed by atoms with Gasteiger partial charge in [-0.15, -0.1) is 5.10 Å². The first-order valence-corrected chi connectivity index (χ1v) is 11.5. The number of hydrogen-bond donors (Lipinski definition) is 2. The van der Waals surface area contributed by atoms with Gasteiger partial charge >= 0.3 is 0 Å². The number of amides is 1. The lowest BCUT2D eigenvalue weighted by molar-refractivity contribution is -0.129. The van der Waals surface area contributed by atoms with Crippen LogP contribution in [0.25, 0.3) is 22.5 Å². The van der Waals surface area contributed by atoms with Crippen LogP contribution in [-0.4, -0.2) is 52.0 Å². The van der Waals surface area contributed by atoms with Crippen LogP contribution in [0.5, 0.6) is 0 Å². The van der Waals surface area contributed by atoms with Gasteiger partial charge in [0.2, 0.25) is 5.91 Å². The smallest absolute Gasteiger partial charge is 0.247 e. The molecule has 0 aliphatic carbocycles. The van der Waals surface area contributed by atoms with Gasteiger partial charge in [0.15, 0.2) is 17.5 Å². The number of rotatable bonds is 4. The van der Waals surface area contributed by atoms with Gasteiger partial charge < -0.3 is 15.6 Å². The number of H-pyrrole nitrogens is 1. The number of pyridine rings is 1. The summed E-state index contributed by atoms with van der Waals surface area (Å²) in [6.45, 7) is 0. The number of aromatic nitrogens is 7. The average Bonchev–Trinajstić information content (AvgIpc) is 3.63. The molecule has 0 radical (unpaired) electrons. The van der Waals surface area contributed by atoms with Crippen molar-refractivity contribution in [3.63, 3.8) is 0 Å². The van der Waals surface area contributed by atoms with E-state index in [1.54, 1.807) is 11.0 Å². The molecule has 36 heavy (non-hydrogen) atoms. The number of anilines is 1. The van der Waals surface area contributed by atoms with Crippen LogP contribution in [0.3, 0.4) is 0 Å². The Kier molecular flexibility index (Phi) is 5.25. The van der Waals surface area contributed by atoms with E-state index in [1.165, 1.54) is 41.6 Å². The maximum absolute atomic E-state index is 15.2. The normalized spacial score (nSPS) is 19.5. The quantitative estimate of drug-likeness (QED) is 0.430. The molecule has 13 heteroatoms. The number of nitrogens with two attached hydrogens (primary N) is 1. The molecule has 1 fully saturated rings. The van der Waals surface area contributed by atoms with Crippen LogP contribution in [0, 0.1) is 11.6 Å². The molecule has 10 nitrogen and oxygen atoms in total. The number of fused-ring (bicyclic) bond motifs is 1. The third kappa shape index (κ3) is 3.52. The molecular formula is C23H18ClF2N9O. The van der Waals surface area contributed by atoms with E-state index >= 15 is 4.39 Å². The Morgan fingerprint density at radius 3 is 2.81 bits per heavy atom. The molecule has 1 aromatic carbocycles. The Bertz CT molecular complexity index is 1520. The van der Waals surface area contributed by atoms with Gasteiger partial charge in [-0.3, -0.25) is 4.79 Å². The van der Waals surface area contributed by atoms with Crippen molar-refractivity contribution in [2.75, 3.05) is 5.73 Å². The SMILES string of the molecule is Nc1nccc(-c2cnc([C@H]3CC[C@H]4CC(c5c(-n6cnnn6)ccc(Cl)c5F)=CC(=O)N43)[nH]2)c1F. The van der Waals surface area contributed by atoms with Crippen LogP contribution in [0.4, 0.5) is 14.6 Å². The summed E-state index contributed by atoms with van der Waals surface area (Å²) in [6, 6.07) is 4.03. The van der Waals surface area contributed by atoms with Gasteiger partial charge in [-0.25, -0.2) is 18.7 Å². The Labute approximate surface area is 207 Å². The highest BCUT2D eigenvalue weighted by Gasteiger charge is 2.42. The van der Waals surface area contributed by atoms with E-state index in [2.05, 4.69) is 30.5 Å². The lowest BCUT2D eigenvalue weighted by Crippen LogP contribution is -2.39. The van der Waals surface area contributed by atoms with Crippen LogP contribution in [0.1, 0.15) is 36.7 Å². The molecule has 1 saturated heterocycles. The predicted molar refractivity (Wildman–Crippen MR) is 126 cm³/mol. The Hall–Kier alpha value is -4.19. The van der Waals surface area contributed by atoms with Crippen LogP contribution in [-0.2, 0) is 4.79 Å². The van der Waals surface area contributed by atoms with Crippen molar-refractivity contribution in [2.24, 2.45) is 0 Å². The summed E-state index contributed by atoms with van der Waals surface area (Å²) in [4.78, 5) is 26.4. The first kappa shape index (κ1) is 22.3. The van der Waals surface area contributed by atoms with Gasteiger partial charge in [-0.1, -0.05) is 11.6 Å². The van der Waals surface area contributed by atoms with Gasteiger partial charge in [0, 0.05) is 29.4 Å². The molecule has 1 amide bonds. The van der Waals surface area contributed by atoms with Gasteiger partial charge in [0.25, 0.3) is 0 Å². The van der Waals surface area contributed by atoms with Crippen LogP contribution in [0.2, 0.25) is 5.02 Å². The zero-order valence-corrected chi connectivity index (χ0v) is 19.3. The van der Waals surface area contributed by atoms with Crippen LogP contribution in [0.15, 0.2) is 43.0 Å². The summed E-state index contributed by atoms with van der Waals surface area (Å²) in [5.41, 5.74) is 7.37. The fourth-order valence-electron chi connectivity index (χ4n) is 5.02. The number of halogens is 3. The maximum atomic E-state index is 15.2. The number of benzene rings is 1. The summed E-state index contributed by atoms with van der Waals surface area (Å²) < 4.78 is 31.0. The molecule has 0 bridgehead atoms. The number of aromatic amines is 1. The van der Waals surface area contributed by atoms with Gasteiger partial charge in [0.05, 0.1) is 28.6 Å². The summed E-state index contributed by atoms with van der Waals surface area (Å²) in [6.07, 6.45) is 7.44. The zero-order chi connectivity index (χ0) is 25.0. The summed E-state index contributed by atoms with van der Waals surface area (Å²) in [5.74, 6) is -1.22. The van der Waals surface area contributed by atoms with Crippen molar-refractivity contribution in [1.82, 2.24) is 40.1 Å². The number of carbonyl (C=O) groups excluding carboxylic acids is 1. The Balaban J connectivity index is 1.34. The van der Waals surface area contributed by atoms with Gasteiger partial charge in [-0.2, -0.15) is 4.68 Å². The highest BCUT2D eigenvalue weighted by Crippen LogP contribution is 2.44. The molecule has 2 aliphatic rings. The average molecular weight is 510 g/mol. The molecule has 0 spiro atoms. The Morgan fingerprint density at radius 2 is 2.00 bits per heavy atom. The minimum Gasteiger partial charge on any atom is -0.381 e. The van der Waals surface area contributed by atoms with Gasteiger partial charge in [-0.05, 0) is 53.5 Å². The summed E-state index contributed by atoms with van der Waals surface area (Å²) in [5, 5.41) is 11.0. The van der Waals surface area contributed by atoms with Crippen molar-refractivity contribution in [3.05, 3.63) is 71.0 Å². The minimum absolute atomic E-state index is 0.0611. The molecule has 3 aromatic heterocycles. The molecule has 6 rings (SSSR count). The molecule has 2 atom stereocenters. The number of nitrogens with zero attached hydrogens (tertiary/aromatic N) is 7. The van der Waals surface area contributed by atoms with E-state index in [0.29, 0.717) is 42.0 Å². The summed E-state index contributed by atoms with van der Waals surface area (Å²) in [7, 11) is 0. The first-order chi connectivity index (χ1) is 17.4. The lowest BCUT2D eigenvalue weighted by atomic mass is 9.92. The number of tetrazole rings is 1. The molecule has 0 saturated carbocycles. The molecule has 4 aromatic rings. The van der Waals surface area contributed by atoms with Crippen molar-refractivity contribution in [1.29, 1.82) is 0 Å². The van der Waals surface area contributed by atoms with Crippen molar-refractivity contribution in [2.45, 2.75) is 31.3 Å². The number of hydrogen-bond acceptors (Lipinski definition) is 7. The molecule has 5 heterocycles.